The monoisotopic (exact) mass is 335 g/mol. The molecule has 0 unspecified atom stereocenters. The van der Waals surface area contributed by atoms with Gasteiger partial charge in [-0.2, -0.15) is 0 Å². The van der Waals surface area contributed by atoms with Crippen molar-refractivity contribution in [3.05, 3.63) is 69.7 Å². The number of rotatable bonds is 4. The number of halogens is 2. The van der Waals surface area contributed by atoms with Gasteiger partial charge in [-0.25, -0.2) is 4.79 Å². The van der Waals surface area contributed by atoms with Gasteiger partial charge in [0.25, 0.3) is 0 Å². The van der Waals surface area contributed by atoms with Crippen LogP contribution in [0.2, 0.25) is 10.0 Å². The Morgan fingerprint density at radius 2 is 1.73 bits per heavy atom. The van der Waals surface area contributed by atoms with Crippen molar-refractivity contribution in [1.82, 2.24) is 0 Å². The summed E-state index contributed by atoms with van der Waals surface area (Å²) in [6.45, 7) is 0. The minimum Gasteiger partial charge on any atom is -0.478 e. The van der Waals surface area contributed by atoms with E-state index in [2.05, 4.69) is 5.32 Å². The highest BCUT2D eigenvalue weighted by Gasteiger charge is 2.09. The van der Waals surface area contributed by atoms with Crippen molar-refractivity contribution in [2.75, 3.05) is 5.32 Å². The van der Waals surface area contributed by atoms with Crippen molar-refractivity contribution < 1.29 is 14.7 Å². The molecule has 0 saturated heterocycles. The molecule has 0 heterocycles. The van der Waals surface area contributed by atoms with E-state index in [9.17, 15) is 9.59 Å². The molecule has 6 heteroatoms. The van der Waals surface area contributed by atoms with E-state index in [1.54, 1.807) is 30.3 Å². The molecular formula is C16H11Cl2NO3. The Hall–Kier alpha value is -2.30. The minimum atomic E-state index is -1.12. The van der Waals surface area contributed by atoms with Crippen LogP contribution in [0.25, 0.3) is 6.08 Å². The molecule has 0 bridgehead atoms. The molecule has 0 aliphatic rings. The molecule has 0 spiro atoms. The van der Waals surface area contributed by atoms with Crippen molar-refractivity contribution >= 4 is 46.8 Å². The fourth-order valence-corrected chi connectivity index (χ4v) is 2.08. The zero-order chi connectivity index (χ0) is 16.1. The summed E-state index contributed by atoms with van der Waals surface area (Å²) in [6.07, 6.45) is 3.00. The summed E-state index contributed by atoms with van der Waals surface area (Å²) in [5, 5.41) is 12.2. The number of nitrogens with one attached hydrogen (secondary N) is 1. The van der Waals surface area contributed by atoms with E-state index in [-0.39, 0.29) is 16.5 Å². The van der Waals surface area contributed by atoms with Crippen LogP contribution in [0.1, 0.15) is 15.9 Å². The summed E-state index contributed by atoms with van der Waals surface area (Å²) >= 11 is 11.6. The Morgan fingerprint density at radius 3 is 2.32 bits per heavy atom. The molecule has 0 aliphatic heterocycles. The van der Waals surface area contributed by atoms with Gasteiger partial charge < -0.3 is 10.4 Å². The van der Waals surface area contributed by atoms with Gasteiger partial charge >= 0.3 is 5.97 Å². The number of hydrogen-bond acceptors (Lipinski definition) is 2. The first kappa shape index (κ1) is 16.1. The molecule has 2 aromatic carbocycles. The molecule has 0 radical (unpaired) electrons. The summed E-state index contributed by atoms with van der Waals surface area (Å²) in [4.78, 5) is 22.6. The van der Waals surface area contributed by atoms with Crippen molar-refractivity contribution in [2.24, 2.45) is 0 Å². The van der Waals surface area contributed by atoms with E-state index in [1.165, 1.54) is 24.3 Å². The summed E-state index contributed by atoms with van der Waals surface area (Å²) < 4.78 is 0. The first-order valence-electron chi connectivity index (χ1n) is 6.23. The van der Waals surface area contributed by atoms with E-state index in [1.807, 2.05) is 0 Å². The number of carbonyl (C=O) groups excluding carboxylic acids is 1. The zero-order valence-corrected chi connectivity index (χ0v) is 12.7. The van der Waals surface area contributed by atoms with Crippen molar-refractivity contribution in [1.29, 1.82) is 0 Å². The van der Waals surface area contributed by atoms with E-state index in [4.69, 9.17) is 28.3 Å². The Balaban J connectivity index is 2.04. The lowest BCUT2D eigenvalue weighted by Crippen LogP contribution is -2.08. The third-order valence-corrected chi connectivity index (χ3v) is 3.33. The Labute approximate surface area is 137 Å². The van der Waals surface area contributed by atoms with Crippen LogP contribution in [0.15, 0.2) is 48.5 Å². The van der Waals surface area contributed by atoms with Gasteiger partial charge in [0.1, 0.15) is 0 Å². The molecule has 22 heavy (non-hydrogen) atoms. The van der Waals surface area contributed by atoms with Gasteiger partial charge in [0.05, 0.1) is 10.6 Å². The summed E-state index contributed by atoms with van der Waals surface area (Å²) in [6, 6.07) is 11.2. The third-order valence-electron chi connectivity index (χ3n) is 2.76. The topological polar surface area (TPSA) is 66.4 Å². The van der Waals surface area contributed by atoms with Crippen LogP contribution in [0.4, 0.5) is 5.69 Å². The van der Waals surface area contributed by atoms with E-state index in [0.717, 1.165) is 5.56 Å². The molecule has 0 aliphatic carbocycles. The smallest absolute Gasteiger partial charge is 0.337 e. The van der Waals surface area contributed by atoms with Crippen molar-refractivity contribution in [3.8, 4) is 0 Å². The maximum absolute atomic E-state index is 11.8. The van der Waals surface area contributed by atoms with Crippen molar-refractivity contribution in [2.45, 2.75) is 0 Å². The van der Waals surface area contributed by atoms with Crippen LogP contribution in [-0.4, -0.2) is 17.0 Å². The van der Waals surface area contributed by atoms with E-state index >= 15 is 0 Å². The van der Waals surface area contributed by atoms with Gasteiger partial charge in [0, 0.05) is 16.8 Å². The third kappa shape index (κ3) is 4.35. The lowest BCUT2D eigenvalue weighted by molar-refractivity contribution is -0.111. The van der Waals surface area contributed by atoms with Crippen LogP contribution in [0.5, 0.6) is 0 Å². The Morgan fingerprint density at radius 1 is 1.05 bits per heavy atom. The fraction of sp³-hybridized carbons (Fsp3) is 0. The minimum absolute atomic E-state index is 0.0172. The highest BCUT2D eigenvalue weighted by atomic mass is 35.5. The summed E-state index contributed by atoms with van der Waals surface area (Å²) in [7, 11) is 0. The van der Waals surface area contributed by atoms with Gasteiger partial charge in [-0.05, 0) is 42.0 Å². The molecule has 2 aromatic rings. The van der Waals surface area contributed by atoms with Crippen LogP contribution in [-0.2, 0) is 4.79 Å². The molecule has 2 rings (SSSR count). The first-order valence-corrected chi connectivity index (χ1v) is 6.99. The number of amides is 1. The molecule has 0 atom stereocenters. The quantitative estimate of drug-likeness (QED) is 0.816. The summed E-state index contributed by atoms with van der Waals surface area (Å²) in [5.74, 6) is -1.47. The van der Waals surface area contributed by atoms with Crippen molar-refractivity contribution in [3.63, 3.8) is 0 Å². The van der Waals surface area contributed by atoms with E-state index < -0.39 is 5.97 Å². The Kier molecular flexibility index (Phi) is 5.20. The number of aromatic carboxylic acids is 1. The number of carboxylic acids is 1. The maximum atomic E-state index is 11.8. The van der Waals surface area contributed by atoms with Gasteiger partial charge in [0.2, 0.25) is 5.91 Å². The van der Waals surface area contributed by atoms with E-state index in [0.29, 0.717) is 10.7 Å². The summed E-state index contributed by atoms with van der Waals surface area (Å²) in [5.41, 5.74) is 1.23. The van der Waals surface area contributed by atoms with Crippen LogP contribution in [0, 0.1) is 0 Å². The highest BCUT2D eigenvalue weighted by molar-refractivity contribution is 6.33. The average Bonchev–Trinajstić information content (AvgIpc) is 2.46. The number of hydrogen-bond donors (Lipinski definition) is 2. The second kappa shape index (κ2) is 7.11. The molecule has 0 fully saturated rings. The second-order valence-electron chi connectivity index (χ2n) is 4.37. The predicted octanol–water partition coefficient (Wildman–Crippen LogP) is 4.34. The normalized spacial score (nSPS) is 10.6. The number of carbonyl (C=O) groups is 2. The SMILES string of the molecule is O=C(/C=C/c1ccc(Cl)cc1)Nc1ccc(C(=O)O)c(Cl)c1. The van der Waals surface area contributed by atoms with Crippen LogP contribution < -0.4 is 5.32 Å². The van der Waals surface area contributed by atoms with Crippen LogP contribution >= 0.6 is 23.2 Å². The molecule has 1 amide bonds. The van der Waals surface area contributed by atoms with Gasteiger partial charge in [-0.3, -0.25) is 4.79 Å². The zero-order valence-electron chi connectivity index (χ0n) is 11.2. The predicted molar refractivity (Wildman–Crippen MR) is 87.5 cm³/mol. The number of benzene rings is 2. The van der Waals surface area contributed by atoms with Crippen LogP contribution in [0.3, 0.4) is 0 Å². The first-order chi connectivity index (χ1) is 10.5. The average molecular weight is 336 g/mol. The lowest BCUT2D eigenvalue weighted by Gasteiger charge is -2.04. The van der Waals surface area contributed by atoms with Gasteiger partial charge in [-0.1, -0.05) is 35.3 Å². The molecule has 112 valence electrons. The van der Waals surface area contributed by atoms with Gasteiger partial charge in [-0.15, -0.1) is 0 Å². The molecule has 0 saturated carbocycles. The maximum Gasteiger partial charge on any atom is 0.337 e. The standard InChI is InChI=1S/C16H11Cl2NO3/c17-11-4-1-10(2-5-11)3-8-15(20)19-12-6-7-13(16(21)22)14(18)9-12/h1-9H,(H,19,20)(H,21,22)/b8-3+. The highest BCUT2D eigenvalue weighted by Crippen LogP contribution is 2.21. The van der Waals surface area contributed by atoms with Gasteiger partial charge in [0.15, 0.2) is 0 Å². The number of carboxylic acid groups (broad SMARTS) is 1. The molecule has 0 aromatic heterocycles. The largest absolute Gasteiger partial charge is 0.478 e. The Bertz CT molecular complexity index is 740. The fourth-order valence-electron chi connectivity index (χ4n) is 1.70. The molecule has 4 nitrogen and oxygen atoms in total. The second-order valence-corrected chi connectivity index (χ2v) is 5.22. The number of anilines is 1. The lowest BCUT2D eigenvalue weighted by atomic mass is 10.2. The molecular weight excluding hydrogens is 325 g/mol. The molecule has 2 N–H and O–H groups in total.